The van der Waals surface area contributed by atoms with Crippen LogP contribution in [0.15, 0.2) is 28.1 Å². The third-order valence-corrected chi connectivity index (χ3v) is 4.73. The lowest BCUT2D eigenvalue weighted by atomic mass is 10.1. The number of halogens is 2. The highest BCUT2D eigenvalue weighted by molar-refractivity contribution is 9.10. The largest absolute Gasteiger partial charge is 0.493 e. The van der Waals surface area contributed by atoms with Crippen LogP contribution in [0.2, 0.25) is 5.02 Å². The number of methoxy groups -OCH3 is 1. The summed E-state index contributed by atoms with van der Waals surface area (Å²) in [6, 6.07) is 5.70. The predicted octanol–water partition coefficient (Wildman–Crippen LogP) is 4.64. The van der Waals surface area contributed by atoms with E-state index in [0.29, 0.717) is 29.5 Å². The SMILES string of the molecule is COc1cc(Cl)cc(CC(C)N)c1OCc1cc(Br)cs1. The summed E-state index contributed by atoms with van der Waals surface area (Å²) in [5.74, 6) is 1.34. The smallest absolute Gasteiger partial charge is 0.165 e. The molecule has 0 spiro atoms. The standard InChI is InChI=1S/C15H17BrClNO2S/c1-9(18)3-10-4-12(17)6-14(19-2)15(10)20-7-13-5-11(16)8-21-13/h4-6,8-9H,3,7,18H2,1-2H3. The van der Waals surface area contributed by atoms with Crippen LogP contribution in [0.25, 0.3) is 0 Å². The molecule has 1 aromatic carbocycles. The fourth-order valence-electron chi connectivity index (χ4n) is 2.01. The number of benzene rings is 1. The molecule has 0 amide bonds. The van der Waals surface area contributed by atoms with Gasteiger partial charge in [-0.3, -0.25) is 0 Å². The molecule has 114 valence electrons. The summed E-state index contributed by atoms with van der Waals surface area (Å²) in [5.41, 5.74) is 6.86. The van der Waals surface area contributed by atoms with E-state index in [0.717, 1.165) is 14.9 Å². The lowest BCUT2D eigenvalue weighted by Gasteiger charge is -2.16. The van der Waals surface area contributed by atoms with Crippen molar-refractivity contribution in [3.8, 4) is 11.5 Å². The molecule has 0 saturated heterocycles. The van der Waals surface area contributed by atoms with Gasteiger partial charge < -0.3 is 15.2 Å². The Balaban J connectivity index is 2.26. The van der Waals surface area contributed by atoms with Crippen LogP contribution < -0.4 is 15.2 Å². The van der Waals surface area contributed by atoms with Crippen LogP contribution in [0.3, 0.4) is 0 Å². The van der Waals surface area contributed by atoms with E-state index in [1.165, 1.54) is 0 Å². The number of rotatable bonds is 6. The van der Waals surface area contributed by atoms with Gasteiger partial charge in [0.05, 0.1) is 7.11 Å². The molecule has 1 heterocycles. The van der Waals surface area contributed by atoms with E-state index < -0.39 is 0 Å². The van der Waals surface area contributed by atoms with Gasteiger partial charge in [0.2, 0.25) is 0 Å². The molecule has 0 aliphatic heterocycles. The minimum atomic E-state index is 0.0198. The molecule has 0 radical (unpaired) electrons. The van der Waals surface area contributed by atoms with Gasteiger partial charge in [-0.25, -0.2) is 0 Å². The topological polar surface area (TPSA) is 44.5 Å². The highest BCUT2D eigenvalue weighted by atomic mass is 79.9. The summed E-state index contributed by atoms with van der Waals surface area (Å²) in [6.45, 7) is 2.44. The molecule has 1 unspecified atom stereocenters. The Morgan fingerprint density at radius 2 is 2.14 bits per heavy atom. The first-order valence-electron chi connectivity index (χ1n) is 6.47. The minimum absolute atomic E-state index is 0.0198. The summed E-state index contributed by atoms with van der Waals surface area (Å²) in [6.07, 6.45) is 0.681. The highest BCUT2D eigenvalue weighted by Crippen LogP contribution is 2.36. The molecule has 2 rings (SSSR count). The van der Waals surface area contributed by atoms with Crippen LogP contribution in [0, 0.1) is 0 Å². The van der Waals surface area contributed by atoms with Crippen molar-refractivity contribution in [2.75, 3.05) is 7.11 Å². The molecule has 1 atom stereocenters. The van der Waals surface area contributed by atoms with Gasteiger partial charge >= 0.3 is 0 Å². The van der Waals surface area contributed by atoms with Crippen LogP contribution in [0.5, 0.6) is 11.5 Å². The Bertz CT molecular complexity index is 616. The second-order valence-electron chi connectivity index (χ2n) is 4.80. The van der Waals surface area contributed by atoms with Gasteiger partial charge in [-0.05, 0) is 41.4 Å². The fourth-order valence-corrected chi connectivity index (χ4v) is 3.60. The monoisotopic (exact) mass is 389 g/mol. The van der Waals surface area contributed by atoms with Crippen molar-refractivity contribution >= 4 is 38.9 Å². The average molecular weight is 391 g/mol. The Morgan fingerprint density at radius 3 is 2.71 bits per heavy atom. The summed E-state index contributed by atoms with van der Waals surface area (Å²) in [5, 5.41) is 2.65. The van der Waals surface area contributed by atoms with E-state index in [2.05, 4.69) is 15.9 Å². The Kier molecular flexibility index (Phi) is 5.93. The summed E-state index contributed by atoms with van der Waals surface area (Å²) >= 11 is 11.2. The molecule has 2 aromatic rings. The third kappa shape index (κ3) is 4.61. The molecule has 0 aliphatic carbocycles. The summed E-state index contributed by atoms with van der Waals surface area (Å²) < 4.78 is 12.4. The molecule has 2 N–H and O–H groups in total. The lowest BCUT2D eigenvalue weighted by molar-refractivity contribution is 0.283. The maximum atomic E-state index is 6.12. The first-order chi connectivity index (χ1) is 9.99. The van der Waals surface area contributed by atoms with Gasteiger partial charge in [0.25, 0.3) is 0 Å². The van der Waals surface area contributed by atoms with Gasteiger partial charge in [-0.15, -0.1) is 11.3 Å². The maximum Gasteiger partial charge on any atom is 0.165 e. The van der Waals surface area contributed by atoms with E-state index in [9.17, 15) is 0 Å². The van der Waals surface area contributed by atoms with Crippen molar-refractivity contribution in [1.82, 2.24) is 0 Å². The molecule has 1 aromatic heterocycles. The molecule has 6 heteroatoms. The molecule has 0 saturated carbocycles. The quantitative estimate of drug-likeness (QED) is 0.781. The number of hydrogen-bond donors (Lipinski definition) is 1. The van der Waals surface area contributed by atoms with Crippen LogP contribution in [-0.2, 0) is 13.0 Å². The zero-order valence-electron chi connectivity index (χ0n) is 11.9. The average Bonchev–Trinajstić information content (AvgIpc) is 2.82. The predicted molar refractivity (Wildman–Crippen MR) is 91.7 cm³/mol. The van der Waals surface area contributed by atoms with Crippen molar-refractivity contribution in [1.29, 1.82) is 0 Å². The van der Waals surface area contributed by atoms with E-state index in [4.69, 9.17) is 26.8 Å². The number of nitrogens with two attached hydrogens (primary N) is 1. The molecular formula is C15H17BrClNO2S. The molecule has 0 aliphatic rings. The third-order valence-electron chi connectivity index (χ3n) is 2.84. The van der Waals surface area contributed by atoms with Crippen LogP contribution in [-0.4, -0.2) is 13.2 Å². The Labute approximate surface area is 142 Å². The molecule has 0 fully saturated rings. The summed E-state index contributed by atoms with van der Waals surface area (Å²) in [4.78, 5) is 1.13. The van der Waals surface area contributed by atoms with Crippen LogP contribution >= 0.6 is 38.9 Å². The van der Waals surface area contributed by atoms with Crippen molar-refractivity contribution in [2.45, 2.75) is 26.0 Å². The van der Waals surface area contributed by atoms with Gasteiger partial charge in [-0.1, -0.05) is 11.6 Å². The number of hydrogen-bond acceptors (Lipinski definition) is 4. The second-order valence-corrected chi connectivity index (χ2v) is 7.15. The van der Waals surface area contributed by atoms with Crippen molar-refractivity contribution in [3.05, 3.63) is 43.5 Å². The van der Waals surface area contributed by atoms with E-state index in [1.54, 1.807) is 24.5 Å². The van der Waals surface area contributed by atoms with Gasteiger partial charge in [0.15, 0.2) is 11.5 Å². The van der Waals surface area contributed by atoms with E-state index >= 15 is 0 Å². The molecular weight excluding hydrogens is 374 g/mol. The van der Waals surface area contributed by atoms with Gasteiger partial charge in [-0.2, -0.15) is 0 Å². The normalized spacial score (nSPS) is 12.2. The van der Waals surface area contributed by atoms with Crippen LogP contribution in [0.1, 0.15) is 17.4 Å². The van der Waals surface area contributed by atoms with Crippen LogP contribution in [0.4, 0.5) is 0 Å². The maximum absolute atomic E-state index is 6.12. The second kappa shape index (κ2) is 7.49. The van der Waals surface area contributed by atoms with Crippen molar-refractivity contribution in [3.63, 3.8) is 0 Å². The minimum Gasteiger partial charge on any atom is -0.493 e. The van der Waals surface area contributed by atoms with Crippen molar-refractivity contribution in [2.24, 2.45) is 5.73 Å². The molecule has 0 bridgehead atoms. The Hall–Kier alpha value is -0.750. The highest BCUT2D eigenvalue weighted by Gasteiger charge is 2.15. The Morgan fingerprint density at radius 1 is 1.38 bits per heavy atom. The molecule has 3 nitrogen and oxygen atoms in total. The number of ether oxygens (including phenoxy) is 2. The first kappa shape index (κ1) is 16.6. The zero-order valence-corrected chi connectivity index (χ0v) is 15.0. The fraction of sp³-hybridized carbons (Fsp3) is 0.333. The summed E-state index contributed by atoms with van der Waals surface area (Å²) in [7, 11) is 1.61. The van der Waals surface area contributed by atoms with Crippen molar-refractivity contribution < 1.29 is 9.47 Å². The molecule has 21 heavy (non-hydrogen) atoms. The van der Waals surface area contributed by atoms with Gasteiger partial charge in [0, 0.05) is 37.4 Å². The lowest BCUT2D eigenvalue weighted by Crippen LogP contribution is -2.18. The zero-order chi connectivity index (χ0) is 15.4. The van der Waals surface area contributed by atoms with Gasteiger partial charge in [0.1, 0.15) is 6.61 Å². The van der Waals surface area contributed by atoms with E-state index in [1.807, 2.05) is 24.4 Å². The van der Waals surface area contributed by atoms with E-state index in [-0.39, 0.29) is 6.04 Å². The number of thiophene rings is 1. The first-order valence-corrected chi connectivity index (χ1v) is 8.52.